The molecule has 2 rings (SSSR count). The molecule has 1 N–H and O–H groups in total. The maximum absolute atomic E-state index is 13.2. The molecule has 100 valence electrons. The van der Waals surface area contributed by atoms with Gasteiger partial charge in [0.1, 0.15) is 5.82 Å². The highest BCUT2D eigenvalue weighted by molar-refractivity contribution is 9.10. The van der Waals surface area contributed by atoms with E-state index in [1.807, 2.05) is 24.3 Å². The van der Waals surface area contributed by atoms with Crippen LogP contribution in [0, 0.1) is 5.82 Å². The highest BCUT2D eigenvalue weighted by atomic mass is 79.9. The van der Waals surface area contributed by atoms with Crippen molar-refractivity contribution < 1.29 is 9.50 Å². The van der Waals surface area contributed by atoms with Crippen molar-refractivity contribution in [1.82, 2.24) is 0 Å². The van der Waals surface area contributed by atoms with Crippen LogP contribution in [0.3, 0.4) is 0 Å². The number of hydrogen-bond acceptors (Lipinski definition) is 1. The van der Waals surface area contributed by atoms with E-state index in [1.54, 1.807) is 19.1 Å². The molecule has 2 aromatic carbocycles. The molecule has 0 aliphatic heterocycles. The molecule has 0 bridgehead atoms. The van der Waals surface area contributed by atoms with Crippen LogP contribution in [0.1, 0.15) is 18.1 Å². The van der Waals surface area contributed by atoms with Crippen LogP contribution in [0.4, 0.5) is 4.39 Å². The Morgan fingerprint density at radius 3 is 2.53 bits per heavy atom. The molecule has 0 spiro atoms. The van der Waals surface area contributed by atoms with Crippen molar-refractivity contribution in [3.05, 3.63) is 68.4 Å². The highest BCUT2D eigenvalue weighted by Gasteiger charge is 2.24. The lowest BCUT2D eigenvalue weighted by molar-refractivity contribution is 0.0575. The van der Waals surface area contributed by atoms with Gasteiger partial charge in [0.2, 0.25) is 0 Å². The molecule has 2 aromatic rings. The lowest BCUT2D eigenvalue weighted by Crippen LogP contribution is -2.24. The van der Waals surface area contributed by atoms with Gasteiger partial charge in [0, 0.05) is 10.9 Å². The summed E-state index contributed by atoms with van der Waals surface area (Å²) in [6.07, 6.45) is 0.419. The predicted molar refractivity (Wildman–Crippen MR) is 81.5 cm³/mol. The first-order chi connectivity index (χ1) is 8.88. The van der Waals surface area contributed by atoms with Crippen LogP contribution in [0.5, 0.6) is 0 Å². The van der Waals surface area contributed by atoms with Gasteiger partial charge in [0.25, 0.3) is 0 Å². The van der Waals surface area contributed by atoms with E-state index in [0.29, 0.717) is 10.9 Å². The van der Waals surface area contributed by atoms with Crippen LogP contribution >= 0.6 is 31.9 Å². The van der Waals surface area contributed by atoms with Crippen LogP contribution in [-0.2, 0) is 12.0 Å². The SMILES string of the molecule is CC(O)(Cc1ccc(F)c(Br)c1)c1cccc(Br)c1. The van der Waals surface area contributed by atoms with E-state index < -0.39 is 5.60 Å². The summed E-state index contributed by atoms with van der Waals surface area (Å²) in [5.41, 5.74) is 0.696. The Kier molecular flexibility index (Phi) is 4.43. The Balaban J connectivity index is 2.27. The standard InChI is InChI=1S/C15H13Br2FO/c1-15(19,11-3-2-4-12(16)8-11)9-10-5-6-14(18)13(17)7-10/h2-8,19H,9H2,1H3. The topological polar surface area (TPSA) is 20.2 Å². The van der Waals surface area contributed by atoms with Crippen molar-refractivity contribution in [2.45, 2.75) is 18.9 Å². The third kappa shape index (κ3) is 3.65. The number of benzene rings is 2. The summed E-state index contributed by atoms with van der Waals surface area (Å²) >= 11 is 6.55. The van der Waals surface area contributed by atoms with Crippen molar-refractivity contribution in [3.63, 3.8) is 0 Å². The second-order valence-corrected chi connectivity index (χ2v) is 6.48. The fourth-order valence-corrected chi connectivity index (χ4v) is 2.80. The second kappa shape index (κ2) is 5.73. The predicted octanol–water partition coefficient (Wildman–Crippen LogP) is 4.80. The molecule has 0 aromatic heterocycles. The molecular formula is C15H13Br2FO. The first kappa shape index (κ1) is 14.7. The van der Waals surface area contributed by atoms with Gasteiger partial charge in [0.05, 0.1) is 10.1 Å². The van der Waals surface area contributed by atoms with Crippen LogP contribution in [0.25, 0.3) is 0 Å². The third-order valence-corrected chi connectivity index (χ3v) is 4.08. The van der Waals surface area contributed by atoms with Gasteiger partial charge in [-0.25, -0.2) is 4.39 Å². The van der Waals surface area contributed by atoms with Crippen molar-refractivity contribution in [2.24, 2.45) is 0 Å². The molecule has 0 aliphatic carbocycles. The van der Waals surface area contributed by atoms with Crippen molar-refractivity contribution >= 4 is 31.9 Å². The average molecular weight is 388 g/mol. The molecule has 0 fully saturated rings. The minimum atomic E-state index is -0.999. The minimum absolute atomic E-state index is 0.300. The normalized spacial score (nSPS) is 14.2. The van der Waals surface area contributed by atoms with Crippen molar-refractivity contribution in [2.75, 3.05) is 0 Å². The van der Waals surface area contributed by atoms with E-state index in [2.05, 4.69) is 31.9 Å². The monoisotopic (exact) mass is 386 g/mol. The number of halogens is 3. The van der Waals surface area contributed by atoms with E-state index in [-0.39, 0.29) is 5.82 Å². The molecule has 0 amide bonds. The fraction of sp³-hybridized carbons (Fsp3) is 0.200. The van der Waals surface area contributed by atoms with Gasteiger partial charge < -0.3 is 5.11 Å². The van der Waals surface area contributed by atoms with Crippen LogP contribution in [0.2, 0.25) is 0 Å². The van der Waals surface area contributed by atoms with E-state index in [0.717, 1.165) is 15.6 Å². The van der Waals surface area contributed by atoms with Crippen LogP contribution in [-0.4, -0.2) is 5.11 Å². The molecule has 4 heteroatoms. The average Bonchev–Trinajstić information content (AvgIpc) is 2.33. The summed E-state index contributed by atoms with van der Waals surface area (Å²) in [5, 5.41) is 10.6. The van der Waals surface area contributed by atoms with Gasteiger partial charge in [-0.3, -0.25) is 0 Å². The summed E-state index contributed by atoms with van der Waals surface area (Å²) in [7, 11) is 0. The zero-order valence-electron chi connectivity index (χ0n) is 10.3. The molecule has 1 unspecified atom stereocenters. The number of hydrogen-bond donors (Lipinski definition) is 1. The molecule has 1 atom stereocenters. The van der Waals surface area contributed by atoms with Gasteiger partial charge >= 0.3 is 0 Å². The molecule has 0 saturated heterocycles. The third-order valence-electron chi connectivity index (χ3n) is 2.98. The molecule has 1 nitrogen and oxygen atoms in total. The Morgan fingerprint density at radius 2 is 1.89 bits per heavy atom. The largest absolute Gasteiger partial charge is 0.385 e. The lowest BCUT2D eigenvalue weighted by Gasteiger charge is -2.24. The Hall–Kier alpha value is -0.710. The van der Waals surface area contributed by atoms with Gasteiger partial charge in [-0.1, -0.05) is 34.1 Å². The Morgan fingerprint density at radius 1 is 1.16 bits per heavy atom. The summed E-state index contributed by atoms with van der Waals surface area (Å²) in [5.74, 6) is -0.300. The maximum atomic E-state index is 13.2. The van der Waals surface area contributed by atoms with Crippen molar-refractivity contribution in [1.29, 1.82) is 0 Å². The van der Waals surface area contributed by atoms with E-state index in [9.17, 15) is 9.50 Å². The van der Waals surface area contributed by atoms with Gasteiger partial charge in [0.15, 0.2) is 0 Å². The molecule has 0 radical (unpaired) electrons. The summed E-state index contributed by atoms with van der Waals surface area (Å²) in [6.45, 7) is 1.76. The Labute approximate surface area is 128 Å². The highest BCUT2D eigenvalue weighted by Crippen LogP contribution is 2.28. The molecule has 0 aliphatic rings. The second-order valence-electron chi connectivity index (χ2n) is 4.71. The van der Waals surface area contributed by atoms with Gasteiger partial charge in [-0.15, -0.1) is 0 Å². The van der Waals surface area contributed by atoms with Crippen LogP contribution in [0.15, 0.2) is 51.4 Å². The quantitative estimate of drug-likeness (QED) is 0.801. The van der Waals surface area contributed by atoms with Gasteiger partial charge in [-0.05, 0) is 58.2 Å². The maximum Gasteiger partial charge on any atom is 0.137 e. The summed E-state index contributed by atoms with van der Waals surface area (Å²) in [6, 6.07) is 12.3. The van der Waals surface area contributed by atoms with Gasteiger partial charge in [-0.2, -0.15) is 0 Å². The smallest absolute Gasteiger partial charge is 0.137 e. The molecule has 0 heterocycles. The zero-order chi connectivity index (χ0) is 14.0. The van der Waals surface area contributed by atoms with E-state index in [4.69, 9.17) is 0 Å². The molecular weight excluding hydrogens is 375 g/mol. The molecule has 0 saturated carbocycles. The zero-order valence-corrected chi connectivity index (χ0v) is 13.5. The van der Waals surface area contributed by atoms with Crippen molar-refractivity contribution in [3.8, 4) is 0 Å². The van der Waals surface area contributed by atoms with E-state index >= 15 is 0 Å². The van der Waals surface area contributed by atoms with Crippen LogP contribution < -0.4 is 0 Å². The fourth-order valence-electron chi connectivity index (χ4n) is 1.97. The summed E-state index contributed by atoms with van der Waals surface area (Å²) < 4.78 is 14.5. The Bertz CT molecular complexity index is 596. The van der Waals surface area contributed by atoms with E-state index in [1.165, 1.54) is 6.07 Å². The summed E-state index contributed by atoms with van der Waals surface area (Å²) in [4.78, 5) is 0. The first-order valence-electron chi connectivity index (χ1n) is 5.81. The number of aliphatic hydroxyl groups is 1. The first-order valence-corrected chi connectivity index (χ1v) is 7.39. The lowest BCUT2D eigenvalue weighted by atomic mass is 9.89. The number of rotatable bonds is 3. The minimum Gasteiger partial charge on any atom is -0.385 e. The molecule has 19 heavy (non-hydrogen) atoms.